The average Bonchev–Trinajstić information content (AvgIpc) is 2.49. The zero-order valence-corrected chi connectivity index (χ0v) is 14.1. The molecule has 0 aromatic carbocycles. The van der Waals surface area contributed by atoms with Crippen LogP contribution in [0.3, 0.4) is 0 Å². The maximum Gasteiger partial charge on any atom is 0.475 e. The van der Waals surface area contributed by atoms with Crippen molar-refractivity contribution in [3.63, 3.8) is 0 Å². The lowest BCUT2D eigenvalue weighted by Gasteiger charge is -2.25. The predicted molar refractivity (Wildman–Crippen MR) is 80.5 cm³/mol. The minimum absolute atomic E-state index is 0.0744. The van der Waals surface area contributed by atoms with Gasteiger partial charge in [-0.25, -0.2) is 9.36 Å². The van der Waals surface area contributed by atoms with E-state index in [9.17, 15) is 22.5 Å². The van der Waals surface area contributed by atoms with Crippen molar-refractivity contribution in [3.05, 3.63) is 25.3 Å². The Morgan fingerprint density at radius 1 is 1.25 bits per heavy atom. The van der Waals surface area contributed by atoms with E-state index in [2.05, 4.69) is 27.7 Å². The van der Waals surface area contributed by atoms with Crippen molar-refractivity contribution in [2.24, 2.45) is 0 Å². The first kappa shape index (κ1) is 22.6. The minimum Gasteiger partial charge on any atom is -0.450 e. The van der Waals surface area contributed by atoms with Crippen molar-refractivity contribution in [1.29, 1.82) is 0 Å². The lowest BCUT2D eigenvalue weighted by atomic mass is 10.2. The summed E-state index contributed by atoms with van der Waals surface area (Å²) < 4.78 is 69.8. The number of nitrogens with one attached hydrogen (secondary N) is 1. The molecule has 0 bridgehead atoms. The number of phosphoric acid groups is 1. The number of alkyl halides is 3. The van der Waals surface area contributed by atoms with E-state index in [0.717, 1.165) is 0 Å². The first-order chi connectivity index (χ1) is 11.2. The van der Waals surface area contributed by atoms with Gasteiger partial charge in [0.25, 0.3) is 0 Å². The molecule has 0 rings (SSSR count). The van der Waals surface area contributed by atoms with Gasteiger partial charge in [0.05, 0.1) is 19.8 Å². The highest BCUT2D eigenvalue weighted by Crippen LogP contribution is 2.52. The fourth-order valence-corrected chi connectivity index (χ4v) is 2.61. The second-order valence-corrected chi connectivity index (χ2v) is 5.81. The Morgan fingerprint density at radius 3 is 2.21 bits per heavy atom. The second-order valence-electron chi connectivity index (χ2n) is 4.19. The summed E-state index contributed by atoms with van der Waals surface area (Å²) in [7, 11) is -4.49. The van der Waals surface area contributed by atoms with E-state index in [1.54, 1.807) is 6.92 Å². The molecule has 0 aliphatic carbocycles. The minimum atomic E-state index is -4.85. The number of phosphoric ester groups is 1. The molecule has 140 valence electrons. The third-order valence-electron chi connectivity index (χ3n) is 2.27. The molecule has 0 aliphatic rings. The Balaban J connectivity index is 4.87. The number of hydrogen-bond acceptors (Lipinski definition) is 6. The number of halogens is 3. The van der Waals surface area contributed by atoms with Crippen molar-refractivity contribution in [2.45, 2.75) is 25.6 Å². The summed E-state index contributed by atoms with van der Waals surface area (Å²) >= 11 is 0. The van der Waals surface area contributed by atoms with Crippen molar-refractivity contribution in [1.82, 2.24) is 5.32 Å². The topological polar surface area (TPSA) is 83.1 Å². The zero-order valence-electron chi connectivity index (χ0n) is 13.2. The third kappa shape index (κ3) is 9.71. The molecule has 7 nitrogen and oxygen atoms in total. The molecule has 1 N–H and O–H groups in total. The monoisotopic (exact) mass is 375 g/mol. The Kier molecular flexibility index (Phi) is 10.6. The largest absolute Gasteiger partial charge is 0.475 e. The second kappa shape index (κ2) is 11.2. The Morgan fingerprint density at radius 2 is 1.79 bits per heavy atom. The van der Waals surface area contributed by atoms with Gasteiger partial charge < -0.3 is 10.1 Å². The quantitative estimate of drug-likeness (QED) is 0.415. The Labute approximate surface area is 138 Å². The van der Waals surface area contributed by atoms with Gasteiger partial charge in [0, 0.05) is 13.0 Å². The molecule has 0 fully saturated rings. The van der Waals surface area contributed by atoms with Crippen LogP contribution in [0.5, 0.6) is 0 Å². The van der Waals surface area contributed by atoms with E-state index in [1.165, 1.54) is 12.2 Å². The summed E-state index contributed by atoms with van der Waals surface area (Å²) in [5.74, 6) is 0. The van der Waals surface area contributed by atoms with Crippen LogP contribution in [0.2, 0.25) is 0 Å². The zero-order chi connectivity index (χ0) is 18.6. The van der Waals surface area contributed by atoms with Crippen LogP contribution in [0.15, 0.2) is 25.3 Å². The van der Waals surface area contributed by atoms with E-state index in [1.807, 2.05) is 0 Å². The van der Waals surface area contributed by atoms with E-state index in [4.69, 9.17) is 9.05 Å². The SMILES string of the molecule is C=CCOP(=O)(OCC=C)OC(CCNC(=O)OCC)C(F)(F)F. The summed E-state index contributed by atoms with van der Waals surface area (Å²) in [6.07, 6.45) is -6.54. The van der Waals surface area contributed by atoms with E-state index < -0.39 is 39.2 Å². The molecule has 1 unspecified atom stereocenters. The summed E-state index contributed by atoms with van der Waals surface area (Å²) in [6.45, 7) is 7.14. The third-order valence-corrected chi connectivity index (χ3v) is 3.72. The van der Waals surface area contributed by atoms with Gasteiger partial charge in [-0.05, 0) is 6.92 Å². The number of amides is 1. The first-order valence-corrected chi connectivity index (χ1v) is 8.41. The summed E-state index contributed by atoms with van der Waals surface area (Å²) in [4.78, 5) is 11.1. The van der Waals surface area contributed by atoms with Gasteiger partial charge in [0.2, 0.25) is 0 Å². The lowest BCUT2D eigenvalue weighted by Crippen LogP contribution is -2.36. The molecule has 24 heavy (non-hydrogen) atoms. The fraction of sp³-hybridized carbons (Fsp3) is 0.615. The van der Waals surface area contributed by atoms with Gasteiger partial charge >= 0.3 is 20.1 Å². The van der Waals surface area contributed by atoms with Gasteiger partial charge in [-0.2, -0.15) is 13.2 Å². The molecule has 0 aromatic rings. The van der Waals surface area contributed by atoms with Crippen LogP contribution < -0.4 is 5.32 Å². The van der Waals surface area contributed by atoms with Crippen molar-refractivity contribution in [2.75, 3.05) is 26.4 Å². The van der Waals surface area contributed by atoms with Gasteiger partial charge in [-0.15, -0.1) is 13.2 Å². The van der Waals surface area contributed by atoms with Crippen LogP contribution >= 0.6 is 7.82 Å². The van der Waals surface area contributed by atoms with Crippen LogP contribution in [-0.4, -0.2) is 44.7 Å². The highest BCUT2D eigenvalue weighted by molar-refractivity contribution is 7.48. The van der Waals surface area contributed by atoms with Crippen LogP contribution in [0, 0.1) is 0 Å². The number of alkyl carbamates (subject to hydrolysis) is 1. The average molecular weight is 375 g/mol. The predicted octanol–water partition coefficient (Wildman–Crippen LogP) is 3.58. The molecule has 11 heteroatoms. The van der Waals surface area contributed by atoms with Crippen LogP contribution in [-0.2, 0) is 22.9 Å². The molecule has 0 spiro atoms. The van der Waals surface area contributed by atoms with Gasteiger partial charge in [-0.3, -0.25) is 13.6 Å². The van der Waals surface area contributed by atoms with E-state index >= 15 is 0 Å². The smallest absolute Gasteiger partial charge is 0.450 e. The molecule has 1 amide bonds. The van der Waals surface area contributed by atoms with Gasteiger partial charge in [0.1, 0.15) is 0 Å². The summed E-state index contributed by atoms with van der Waals surface area (Å²) in [5, 5.41) is 2.11. The maximum atomic E-state index is 13.0. The number of rotatable bonds is 12. The molecule has 0 aliphatic heterocycles. The normalized spacial score (nSPS) is 13.2. The Hall–Kier alpha value is -1.35. The van der Waals surface area contributed by atoms with Crippen LogP contribution in [0.25, 0.3) is 0 Å². The van der Waals surface area contributed by atoms with Crippen LogP contribution in [0.4, 0.5) is 18.0 Å². The summed E-state index contributed by atoms with van der Waals surface area (Å²) in [5.41, 5.74) is 0. The number of carbonyl (C=O) groups is 1. The number of ether oxygens (including phenoxy) is 1. The Bertz CT molecular complexity index is 441. The summed E-state index contributed by atoms with van der Waals surface area (Å²) in [6, 6.07) is 0. The maximum absolute atomic E-state index is 13.0. The molecular formula is C13H21F3NO6P. The van der Waals surface area contributed by atoms with Crippen molar-refractivity contribution < 1.29 is 40.8 Å². The van der Waals surface area contributed by atoms with E-state index in [-0.39, 0.29) is 19.8 Å². The first-order valence-electron chi connectivity index (χ1n) is 6.95. The number of hydrogen-bond donors (Lipinski definition) is 1. The molecule has 0 saturated carbocycles. The highest BCUT2D eigenvalue weighted by Gasteiger charge is 2.46. The molecule has 0 saturated heterocycles. The standard InChI is InChI=1S/C13H21F3NO6P/c1-4-9-21-24(19,22-10-5-2)23-11(13(14,15)16)7-8-17-12(18)20-6-3/h4-5,11H,1-2,6-10H2,3H3,(H,17,18). The van der Waals surface area contributed by atoms with Gasteiger partial charge in [-0.1, -0.05) is 12.2 Å². The van der Waals surface area contributed by atoms with Crippen LogP contribution in [0.1, 0.15) is 13.3 Å². The highest BCUT2D eigenvalue weighted by atomic mass is 31.2. The fourth-order valence-electron chi connectivity index (χ4n) is 1.31. The van der Waals surface area contributed by atoms with Crippen molar-refractivity contribution in [3.8, 4) is 0 Å². The lowest BCUT2D eigenvalue weighted by molar-refractivity contribution is -0.201. The number of carbonyl (C=O) groups excluding carboxylic acids is 1. The van der Waals surface area contributed by atoms with Crippen molar-refractivity contribution >= 4 is 13.9 Å². The molecule has 0 aromatic heterocycles. The van der Waals surface area contributed by atoms with Gasteiger partial charge in [0.15, 0.2) is 6.10 Å². The van der Waals surface area contributed by atoms with E-state index in [0.29, 0.717) is 0 Å². The molecule has 1 atom stereocenters. The molecule has 0 heterocycles. The molecular weight excluding hydrogens is 354 g/mol. The molecule has 0 radical (unpaired) electrons.